The van der Waals surface area contributed by atoms with E-state index in [0.29, 0.717) is 0 Å². The van der Waals surface area contributed by atoms with Crippen LogP contribution < -0.4 is 0 Å². The highest BCUT2D eigenvalue weighted by atomic mass is 31.2. The Morgan fingerprint density at radius 1 is 0.588 bits per heavy atom. The normalized spacial score (nSPS) is 13.4. The van der Waals surface area contributed by atoms with Crippen LogP contribution in [0.25, 0.3) is 0 Å². The monoisotopic (exact) mass is 276 g/mol. The Morgan fingerprint density at radius 2 is 0.824 bits per heavy atom. The second kappa shape index (κ2) is 8.12. The molecular weight excluding hydrogens is 242 g/mol. The van der Waals surface area contributed by atoms with Crippen LogP contribution >= 0.6 is 15.8 Å². The van der Waals surface area contributed by atoms with Crippen molar-refractivity contribution >= 4 is 15.8 Å². The molecule has 0 aromatic heterocycles. The molecule has 0 radical (unpaired) electrons. The molecule has 0 unspecified atom stereocenters. The molecule has 2 heteroatoms. The number of hydrogen-bond donors (Lipinski definition) is 0. The zero-order valence-corrected chi connectivity index (χ0v) is 15.3. The van der Waals surface area contributed by atoms with Crippen molar-refractivity contribution in [2.75, 3.05) is 0 Å². The minimum Gasteiger partial charge on any atom is -0.0938 e. The molecule has 0 atom stereocenters. The van der Waals surface area contributed by atoms with Crippen molar-refractivity contribution in [1.82, 2.24) is 0 Å². The average molecular weight is 276 g/mol. The van der Waals surface area contributed by atoms with Crippen molar-refractivity contribution in [2.24, 2.45) is 0 Å². The van der Waals surface area contributed by atoms with Crippen molar-refractivity contribution in [3.8, 4) is 0 Å². The van der Waals surface area contributed by atoms with Gasteiger partial charge in [-0.25, -0.2) is 0 Å². The predicted octanol–water partition coefficient (Wildman–Crippen LogP) is 6.32. The molecule has 0 rings (SSSR count). The van der Waals surface area contributed by atoms with Crippen LogP contribution in [0.1, 0.15) is 68.7 Å². The molecule has 0 aliphatic carbocycles. The average Bonchev–Trinajstić information content (AvgIpc) is 2.13. The van der Waals surface area contributed by atoms with Crippen molar-refractivity contribution in [2.45, 2.75) is 96.8 Å². The molecule has 0 aromatic carbocycles. The molecule has 0 fully saturated rings. The molecule has 0 saturated carbocycles. The molecule has 0 amide bonds. The highest BCUT2D eigenvalue weighted by Gasteiger charge is 2.34. The first-order chi connectivity index (χ1) is 7.73. The van der Waals surface area contributed by atoms with Crippen LogP contribution in [0.2, 0.25) is 0 Å². The van der Waals surface area contributed by atoms with Gasteiger partial charge in [-0.3, -0.25) is 0 Å². The summed E-state index contributed by atoms with van der Waals surface area (Å²) in [6, 6.07) is 0. The molecule has 0 bridgehead atoms. The predicted molar refractivity (Wildman–Crippen MR) is 88.5 cm³/mol. The first kappa shape index (κ1) is 17.9. The summed E-state index contributed by atoms with van der Waals surface area (Å²) in [4.78, 5) is 0. The van der Waals surface area contributed by atoms with Gasteiger partial charge in [0.1, 0.15) is 0 Å². The fraction of sp³-hybridized carbons (Fsp3) is 1.00. The topological polar surface area (TPSA) is 0 Å². The third-order valence-electron chi connectivity index (χ3n) is 3.44. The van der Waals surface area contributed by atoms with E-state index >= 15 is 0 Å². The van der Waals surface area contributed by atoms with Crippen molar-refractivity contribution in [3.05, 3.63) is 0 Å². The minimum atomic E-state index is 0.182. The summed E-state index contributed by atoms with van der Waals surface area (Å²) in [7, 11) is 0.365. The van der Waals surface area contributed by atoms with Crippen molar-refractivity contribution < 1.29 is 0 Å². The van der Waals surface area contributed by atoms with Gasteiger partial charge in [-0.2, -0.15) is 0 Å². The van der Waals surface area contributed by atoms with Gasteiger partial charge in [0.05, 0.1) is 0 Å². The van der Waals surface area contributed by atoms with Crippen LogP contribution in [0.4, 0.5) is 0 Å². The van der Waals surface area contributed by atoms with Gasteiger partial charge < -0.3 is 0 Å². The Bertz CT molecular complexity index is 161. The lowest BCUT2D eigenvalue weighted by molar-refractivity contribution is 0.907. The molecular formula is C15H34P2. The summed E-state index contributed by atoms with van der Waals surface area (Å²) in [5.41, 5.74) is 3.55. The van der Waals surface area contributed by atoms with E-state index in [4.69, 9.17) is 0 Å². The standard InChI is InChI=1S/C15H34P2/c1-10-15(16(11(2)3)12(4)5)17(13(6)7)14(8)9/h11-15H,10H2,1-9H3. The molecule has 0 aromatic rings. The smallest absolute Gasteiger partial charge is 0.0000734 e. The second-order valence-corrected chi connectivity index (χ2v) is 13.7. The van der Waals surface area contributed by atoms with Crippen LogP contribution in [-0.2, 0) is 0 Å². The Kier molecular flexibility index (Phi) is 8.53. The van der Waals surface area contributed by atoms with E-state index in [1.807, 2.05) is 0 Å². The zero-order valence-electron chi connectivity index (χ0n) is 13.5. The third-order valence-corrected chi connectivity index (χ3v) is 11.9. The van der Waals surface area contributed by atoms with E-state index in [0.717, 1.165) is 28.0 Å². The van der Waals surface area contributed by atoms with E-state index in [2.05, 4.69) is 62.3 Å². The van der Waals surface area contributed by atoms with Gasteiger partial charge in [0, 0.05) is 5.40 Å². The fourth-order valence-electron chi connectivity index (χ4n) is 3.14. The van der Waals surface area contributed by atoms with Crippen LogP contribution in [0.5, 0.6) is 0 Å². The van der Waals surface area contributed by atoms with Crippen LogP contribution in [0.3, 0.4) is 0 Å². The SMILES string of the molecule is CCC(P(C(C)C)C(C)C)P(C(C)C)C(C)C. The molecule has 17 heavy (non-hydrogen) atoms. The minimum absolute atomic E-state index is 0.182. The lowest BCUT2D eigenvalue weighted by Gasteiger charge is -2.42. The molecule has 0 heterocycles. The van der Waals surface area contributed by atoms with Crippen LogP contribution in [0, 0.1) is 0 Å². The van der Waals surface area contributed by atoms with Gasteiger partial charge in [-0.15, -0.1) is 0 Å². The first-order valence-corrected chi connectivity index (χ1v) is 10.4. The second-order valence-electron chi connectivity index (χ2n) is 6.16. The van der Waals surface area contributed by atoms with E-state index in [1.165, 1.54) is 6.42 Å². The maximum atomic E-state index is 2.45. The third kappa shape index (κ3) is 5.16. The molecule has 0 N–H and O–H groups in total. The maximum Gasteiger partial charge on any atom is 0.0000734 e. The van der Waals surface area contributed by atoms with Gasteiger partial charge >= 0.3 is 0 Å². The van der Waals surface area contributed by atoms with E-state index < -0.39 is 0 Å². The quantitative estimate of drug-likeness (QED) is 0.477. The lowest BCUT2D eigenvalue weighted by Crippen LogP contribution is -2.21. The van der Waals surface area contributed by atoms with Gasteiger partial charge in [0.2, 0.25) is 0 Å². The molecule has 104 valence electrons. The summed E-state index contributed by atoms with van der Waals surface area (Å²) in [5.74, 6) is 0. The molecule has 0 aliphatic rings. The van der Waals surface area contributed by atoms with Gasteiger partial charge in [-0.1, -0.05) is 78.2 Å². The summed E-state index contributed by atoms with van der Waals surface area (Å²) >= 11 is 0. The van der Waals surface area contributed by atoms with Crippen molar-refractivity contribution in [3.63, 3.8) is 0 Å². The zero-order chi connectivity index (χ0) is 13.7. The summed E-state index contributed by atoms with van der Waals surface area (Å²) in [5, 5.41) is 1.01. The van der Waals surface area contributed by atoms with E-state index in [9.17, 15) is 0 Å². The fourth-order valence-corrected chi connectivity index (χ4v) is 13.6. The highest BCUT2D eigenvalue weighted by molar-refractivity contribution is 7.77. The summed E-state index contributed by atoms with van der Waals surface area (Å²) < 4.78 is 0. The van der Waals surface area contributed by atoms with Gasteiger partial charge in [0.25, 0.3) is 0 Å². The summed E-state index contributed by atoms with van der Waals surface area (Å²) in [6.45, 7) is 22.0. The first-order valence-electron chi connectivity index (χ1n) is 7.28. The van der Waals surface area contributed by atoms with Crippen LogP contribution in [0.15, 0.2) is 0 Å². The number of hydrogen-bond acceptors (Lipinski definition) is 0. The molecule has 0 spiro atoms. The Balaban J connectivity index is 5.11. The van der Waals surface area contributed by atoms with Gasteiger partial charge in [0.15, 0.2) is 0 Å². The molecule has 0 aliphatic heterocycles. The summed E-state index contributed by atoms with van der Waals surface area (Å²) in [6.07, 6.45) is 1.39. The Morgan fingerprint density at radius 3 is 0.941 bits per heavy atom. The lowest BCUT2D eigenvalue weighted by atomic mass is 10.5. The Hall–Kier alpha value is 0.860. The Labute approximate surface area is 113 Å². The molecule has 0 saturated heterocycles. The van der Waals surface area contributed by atoms with E-state index in [-0.39, 0.29) is 15.8 Å². The van der Waals surface area contributed by atoms with Crippen molar-refractivity contribution in [1.29, 1.82) is 0 Å². The van der Waals surface area contributed by atoms with Crippen LogP contribution in [-0.4, -0.2) is 28.0 Å². The maximum absolute atomic E-state index is 2.45. The largest absolute Gasteiger partial charge is 0.0938 e. The highest BCUT2D eigenvalue weighted by Crippen LogP contribution is 2.67. The molecule has 0 nitrogen and oxygen atoms in total. The van der Waals surface area contributed by atoms with Gasteiger partial charge in [-0.05, 0) is 29.1 Å². The number of rotatable bonds is 7. The van der Waals surface area contributed by atoms with E-state index in [1.54, 1.807) is 0 Å².